The number of para-hydroxylation sites is 1. The van der Waals surface area contributed by atoms with Gasteiger partial charge in [0.05, 0.1) is 17.9 Å². The van der Waals surface area contributed by atoms with Gasteiger partial charge < -0.3 is 8.98 Å². The van der Waals surface area contributed by atoms with E-state index in [4.69, 9.17) is 16.0 Å². The third-order valence-electron chi connectivity index (χ3n) is 2.49. The summed E-state index contributed by atoms with van der Waals surface area (Å²) in [6.07, 6.45) is 5.35. The summed E-state index contributed by atoms with van der Waals surface area (Å²) >= 11 is 6.25. The third kappa shape index (κ3) is 1.49. The first-order valence-electron chi connectivity index (χ1n) is 4.96. The lowest BCUT2D eigenvalue weighted by Gasteiger charge is -1.97. The van der Waals surface area contributed by atoms with Crippen LogP contribution in [-0.2, 0) is 6.54 Å². The van der Waals surface area contributed by atoms with Crippen LogP contribution in [0.2, 0.25) is 5.02 Å². The van der Waals surface area contributed by atoms with Gasteiger partial charge in [-0.25, -0.2) is 4.98 Å². The van der Waals surface area contributed by atoms with E-state index in [-0.39, 0.29) is 0 Å². The number of aromatic nitrogens is 2. The fourth-order valence-corrected chi connectivity index (χ4v) is 1.97. The molecule has 16 heavy (non-hydrogen) atoms. The van der Waals surface area contributed by atoms with Crippen molar-refractivity contribution in [1.82, 2.24) is 9.55 Å². The van der Waals surface area contributed by atoms with Gasteiger partial charge in [0.2, 0.25) is 0 Å². The average Bonchev–Trinajstić information content (AvgIpc) is 2.90. The van der Waals surface area contributed by atoms with Crippen LogP contribution in [0, 0.1) is 0 Å². The monoisotopic (exact) mass is 232 g/mol. The molecule has 0 bridgehead atoms. The molecule has 0 unspecified atom stereocenters. The first-order chi connectivity index (χ1) is 7.84. The van der Waals surface area contributed by atoms with Crippen molar-refractivity contribution < 1.29 is 4.42 Å². The van der Waals surface area contributed by atoms with E-state index in [0.717, 1.165) is 16.7 Å². The van der Waals surface area contributed by atoms with Gasteiger partial charge in [-0.05, 0) is 12.1 Å². The summed E-state index contributed by atoms with van der Waals surface area (Å²) in [6.45, 7) is 0.605. The normalized spacial score (nSPS) is 11.1. The van der Waals surface area contributed by atoms with Crippen molar-refractivity contribution in [1.29, 1.82) is 0 Å². The lowest BCUT2D eigenvalue weighted by molar-refractivity contribution is 0.528. The summed E-state index contributed by atoms with van der Waals surface area (Å²) in [5, 5.41) is 1.64. The first kappa shape index (κ1) is 9.48. The molecule has 0 amide bonds. The number of halogens is 1. The maximum absolute atomic E-state index is 6.25. The quantitative estimate of drug-likeness (QED) is 0.679. The number of furan rings is 1. The summed E-state index contributed by atoms with van der Waals surface area (Å²) in [5.74, 6) is 0.765. The molecule has 2 heterocycles. The molecule has 80 valence electrons. The summed E-state index contributed by atoms with van der Waals surface area (Å²) in [7, 11) is 0. The van der Waals surface area contributed by atoms with Gasteiger partial charge in [-0.15, -0.1) is 0 Å². The highest BCUT2D eigenvalue weighted by Gasteiger charge is 2.11. The number of hydrogen-bond donors (Lipinski definition) is 0. The van der Waals surface area contributed by atoms with Gasteiger partial charge in [0.1, 0.15) is 11.3 Å². The Morgan fingerprint density at radius 2 is 2.19 bits per heavy atom. The smallest absolute Gasteiger partial charge is 0.143 e. The zero-order valence-corrected chi connectivity index (χ0v) is 9.19. The van der Waals surface area contributed by atoms with Gasteiger partial charge in [-0.3, -0.25) is 0 Å². The molecule has 0 aliphatic carbocycles. The Balaban J connectivity index is 2.07. The Labute approximate surface area is 97.3 Å². The van der Waals surface area contributed by atoms with E-state index in [1.807, 2.05) is 35.0 Å². The van der Waals surface area contributed by atoms with Crippen LogP contribution in [-0.4, -0.2) is 9.55 Å². The molecule has 4 heteroatoms. The van der Waals surface area contributed by atoms with Crippen molar-refractivity contribution in [3.05, 3.63) is 53.8 Å². The van der Waals surface area contributed by atoms with E-state index in [1.165, 1.54) is 0 Å². The highest BCUT2D eigenvalue weighted by atomic mass is 35.5. The minimum absolute atomic E-state index is 0.605. The summed E-state index contributed by atoms with van der Waals surface area (Å²) in [6, 6.07) is 7.76. The molecule has 0 fully saturated rings. The summed E-state index contributed by atoms with van der Waals surface area (Å²) in [4.78, 5) is 3.98. The van der Waals surface area contributed by atoms with Crippen LogP contribution in [0.5, 0.6) is 0 Å². The molecule has 2 aromatic heterocycles. The van der Waals surface area contributed by atoms with Gasteiger partial charge in [-0.1, -0.05) is 23.7 Å². The molecule has 0 aliphatic rings. The predicted molar refractivity (Wildman–Crippen MR) is 62.6 cm³/mol. The van der Waals surface area contributed by atoms with Crippen LogP contribution in [0.25, 0.3) is 11.0 Å². The van der Waals surface area contributed by atoms with Gasteiger partial charge in [0.15, 0.2) is 0 Å². The molecule has 0 atom stereocenters. The zero-order chi connectivity index (χ0) is 11.0. The van der Waals surface area contributed by atoms with Crippen LogP contribution in [0.1, 0.15) is 5.76 Å². The fourth-order valence-electron chi connectivity index (χ4n) is 1.71. The molecular formula is C12H9ClN2O. The molecule has 1 aromatic carbocycles. The summed E-state index contributed by atoms with van der Waals surface area (Å²) < 4.78 is 7.61. The van der Waals surface area contributed by atoms with Crippen LogP contribution in [0.3, 0.4) is 0 Å². The Morgan fingerprint density at radius 3 is 2.94 bits per heavy atom. The lowest BCUT2D eigenvalue weighted by atomic mass is 10.2. The van der Waals surface area contributed by atoms with E-state index >= 15 is 0 Å². The Morgan fingerprint density at radius 1 is 1.31 bits per heavy atom. The average molecular weight is 233 g/mol. The minimum Gasteiger partial charge on any atom is -0.458 e. The van der Waals surface area contributed by atoms with Crippen molar-refractivity contribution in [2.24, 2.45) is 0 Å². The highest BCUT2D eigenvalue weighted by molar-refractivity contribution is 6.36. The van der Waals surface area contributed by atoms with Crippen molar-refractivity contribution in [3.8, 4) is 0 Å². The Kier molecular flexibility index (Phi) is 2.18. The van der Waals surface area contributed by atoms with E-state index in [2.05, 4.69) is 4.98 Å². The molecule has 0 saturated heterocycles. The maximum Gasteiger partial charge on any atom is 0.143 e. The molecule has 0 aliphatic heterocycles. The molecule has 0 radical (unpaired) electrons. The van der Waals surface area contributed by atoms with Gasteiger partial charge in [0.25, 0.3) is 0 Å². The third-order valence-corrected chi connectivity index (χ3v) is 2.90. The van der Waals surface area contributed by atoms with Crippen molar-refractivity contribution in [2.75, 3.05) is 0 Å². The largest absolute Gasteiger partial charge is 0.458 e. The molecule has 0 spiro atoms. The molecular weight excluding hydrogens is 224 g/mol. The SMILES string of the molecule is Clc1c(Cn2ccnc2)oc2ccccc12. The highest BCUT2D eigenvalue weighted by Crippen LogP contribution is 2.30. The second kappa shape index (κ2) is 3.68. The van der Waals surface area contributed by atoms with E-state index < -0.39 is 0 Å². The molecule has 0 saturated carbocycles. The topological polar surface area (TPSA) is 31.0 Å². The predicted octanol–water partition coefficient (Wildman–Crippen LogP) is 3.33. The standard InChI is InChI=1S/C12H9ClN2O/c13-12-9-3-1-2-4-10(9)16-11(12)7-15-6-5-14-8-15/h1-6,8H,7H2. The molecule has 3 rings (SSSR count). The number of nitrogens with zero attached hydrogens (tertiary/aromatic N) is 2. The van der Waals surface area contributed by atoms with Crippen LogP contribution in [0.15, 0.2) is 47.4 Å². The number of benzene rings is 1. The maximum atomic E-state index is 6.25. The van der Waals surface area contributed by atoms with Gasteiger partial charge in [0, 0.05) is 17.8 Å². The van der Waals surface area contributed by atoms with Crippen molar-refractivity contribution in [2.45, 2.75) is 6.54 Å². The zero-order valence-electron chi connectivity index (χ0n) is 8.43. The summed E-state index contributed by atoms with van der Waals surface area (Å²) in [5.41, 5.74) is 0.822. The van der Waals surface area contributed by atoms with Crippen LogP contribution < -0.4 is 0 Å². The fraction of sp³-hybridized carbons (Fsp3) is 0.0833. The number of fused-ring (bicyclic) bond motifs is 1. The molecule has 3 nitrogen and oxygen atoms in total. The second-order valence-electron chi connectivity index (χ2n) is 3.57. The number of imidazole rings is 1. The van der Waals surface area contributed by atoms with E-state index in [9.17, 15) is 0 Å². The van der Waals surface area contributed by atoms with E-state index in [1.54, 1.807) is 12.5 Å². The minimum atomic E-state index is 0.605. The van der Waals surface area contributed by atoms with Gasteiger partial charge in [-0.2, -0.15) is 0 Å². The number of hydrogen-bond acceptors (Lipinski definition) is 2. The Hall–Kier alpha value is -1.74. The first-order valence-corrected chi connectivity index (χ1v) is 5.34. The molecule has 3 aromatic rings. The second-order valence-corrected chi connectivity index (χ2v) is 3.95. The van der Waals surface area contributed by atoms with Crippen LogP contribution >= 0.6 is 11.6 Å². The van der Waals surface area contributed by atoms with Gasteiger partial charge >= 0.3 is 0 Å². The number of rotatable bonds is 2. The van der Waals surface area contributed by atoms with Crippen molar-refractivity contribution in [3.63, 3.8) is 0 Å². The Bertz CT molecular complexity index is 613. The van der Waals surface area contributed by atoms with Crippen LogP contribution in [0.4, 0.5) is 0 Å². The molecule has 0 N–H and O–H groups in total. The lowest BCUT2D eigenvalue weighted by Crippen LogP contribution is -1.94. The van der Waals surface area contributed by atoms with Crippen molar-refractivity contribution >= 4 is 22.6 Å². The van der Waals surface area contributed by atoms with E-state index in [0.29, 0.717) is 11.6 Å².